The minimum atomic E-state index is -3.40. The molecule has 0 aliphatic carbocycles. The fourth-order valence-corrected chi connectivity index (χ4v) is 4.63. The standard InChI is InChI=1S/C21H26N2O3S.ClH/c1-15-3-9-19(10-4-15)27(25,26)14-17-5-7-18(8-6-17)21(24)23-20-11-12-22-13-16(20)2;/h3-10,16,20,22H,11-14H2,1-2H3,(H,23,24);1H. The van der Waals surface area contributed by atoms with Crippen molar-refractivity contribution in [2.75, 3.05) is 13.1 Å². The molecule has 3 rings (SSSR count). The van der Waals surface area contributed by atoms with Gasteiger partial charge in [-0.05, 0) is 62.2 Å². The number of carbonyl (C=O) groups excluding carboxylic acids is 1. The topological polar surface area (TPSA) is 75.3 Å². The predicted molar refractivity (Wildman–Crippen MR) is 114 cm³/mol. The van der Waals surface area contributed by atoms with Gasteiger partial charge >= 0.3 is 0 Å². The first-order chi connectivity index (χ1) is 12.8. The summed E-state index contributed by atoms with van der Waals surface area (Å²) in [5.74, 6) is 0.201. The van der Waals surface area contributed by atoms with Gasteiger partial charge in [0, 0.05) is 11.6 Å². The summed E-state index contributed by atoms with van der Waals surface area (Å²) in [5.41, 5.74) is 2.24. The molecule has 2 aromatic rings. The van der Waals surface area contributed by atoms with Crippen molar-refractivity contribution in [1.29, 1.82) is 0 Å². The zero-order valence-corrected chi connectivity index (χ0v) is 17.8. The van der Waals surface area contributed by atoms with Crippen LogP contribution in [0.15, 0.2) is 53.4 Å². The van der Waals surface area contributed by atoms with Crippen LogP contribution in [0.1, 0.15) is 34.8 Å². The van der Waals surface area contributed by atoms with Gasteiger partial charge in [-0.2, -0.15) is 0 Å². The lowest BCUT2D eigenvalue weighted by atomic mass is 9.95. The van der Waals surface area contributed by atoms with E-state index >= 15 is 0 Å². The molecule has 152 valence electrons. The molecule has 1 aliphatic rings. The Kier molecular flexibility index (Phi) is 7.63. The van der Waals surface area contributed by atoms with Crippen LogP contribution in [0, 0.1) is 12.8 Å². The molecule has 0 radical (unpaired) electrons. The molecule has 1 fully saturated rings. The predicted octanol–water partition coefficient (Wildman–Crippen LogP) is 3.12. The molecular weight excluding hydrogens is 396 g/mol. The summed E-state index contributed by atoms with van der Waals surface area (Å²) in [4.78, 5) is 12.8. The van der Waals surface area contributed by atoms with Crippen molar-refractivity contribution in [3.05, 3.63) is 65.2 Å². The quantitative estimate of drug-likeness (QED) is 0.776. The molecule has 1 saturated heterocycles. The van der Waals surface area contributed by atoms with Crippen LogP contribution >= 0.6 is 12.4 Å². The van der Waals surface area contributed by atoms with E-state index in [-0.39, 0.29) is 30.1 Å². The van der Waals surface area contributed by atoms with Crippen molar-refractivity contribution in [3.63, 3.8) is 0 Å². The van der Waals surface area contributed by atoms with E-state index in [9.17, 15) is 13.2 Å². The van der Waals surface area contributed by atoms with Gasteiger partial charge in [0.25, 0.3) is 5.91 Å². The average molecular weight is 423 g/mol. The number of rotatable bonds is 5. The van der Waals surface area contributed by atoms with E-state index in [0.29, 0.717) is 21.9 Å². The molecule has 1 aliphatic heterocycles. The molecule has 2 N–H and O–H groups in total. The maximum absolute atomic E-state index is 12.5. The highest BCUT2D eigenvalue weighted by Gasteiger charge is 2.23. The van der Waals surface area contributed by atoms with Gasteiger partial charge in [0.2, 0.25) is 0 Å². The van der Waals surface area contributed by atoms with E-state index in [1.807, 2.05) is 6.92 Å². The first-order valence-corrected chi connectivity index (χ1v) is 10.9. The molecule has 0 bridgehead atoms. The third-order valence-electron chi connectivity index (χ3n) is 5.05. The SMILES string of the molecule is Cc1ccc(S(=O)(=O)Cc2ccc(C(=O)NC3CCNCC3C)cc2)cc1.Cl. The Morgan fingerprint density at radius 2 is 1.75 bits per heavy atom. The van der Waals surface area contributed by atoms with Crippen LogP contribution in [0.3, 0.4) is 0 Å². The van der Waals surface area contributed by atoms with Gasteiger partial charge in [-0.3, -0.25) is 4.79 Å². The molecule has 2 unspecified atom stereocenters. The number of hydrogen-bond acceptors (Lipinski definition) is 4. The molecule has 7 heteroatoms. The molecule has 2 aromatic carbocycles. The number of halogens is 1. The monoisotopic (exact) mass is 422 g/mol. The number of benzene rings is 2. The van der Waals surface area contributed by atoms with Crippen LogP contribution in [-0.2, 0) is 15.6 Å². The van der Waals surface area contributed by atoms with Gasteiger partial charge in [-0.25, -0.2) is 8.42 Å². The number of aryl methyl sites for hydroxylation is 1. The van der Waals surface area contributed by atoms with Crippen LogP contribution in [0.2, 0.25) is 0 Å². The van der Waals surface area contributed by atoms with Crippen molar-refractivity contribution in [2.24, 2.45) is 5.92 Å². The Bertz CT molecular complexity index is 896. The van der Waals surface area contributed by atoms with Crippen LogP contribution in [0.5, 0.6) is 0 Å². The Labute approximate surface area is 173 Å². The molecule has 0 aromatic heterocycles. The lowest BCUT2D eigenvalue weighted by Crippen LogP contribution is -2.48. The molecule has 0 saturated carbocycles. The highest BCUT2D eigenvalue weighted by atomic mass is 35.5. The van der Waals surface area contributed by atoms with Gasteiger partial charge in [-0.1, -0.05) is 36.8 Å². The van der Waals surface area contributed by atoms with E-state index in [1.54, 1.807) is 48.5 Å². The van der Waals surface area contributed by atoms with Crippen LogP contribution in [0.4, 0.5) is 0 Å². The number of nitrogens with one attached hydrogen (secondary N) is 2. The Balaban J connectivity index is 0.00000280. The van der Waals surface area contributed by atoms with E-state index in [1.165, 1.54) is 0 Å². The summed E-state index contributed by atoms with van der Waals surface area (Å²) in [6, 6.07) is 13.8. The number of sulfone groups is 1. The second kappa shape index (κ2) is 9.54. The second-order valence-corrected chi connectivity index (χ2v) is 9.31. The van der Waals surface area contributed by atoms with E-state index in [4.69, 9.17) is 0 Å². The number of piperidine rings is 1. The second-order valence-electron chi connectivity index (χ2n) is 7.32. The van der Waals surface area contributed by atoms with Gasteiger partial charge in [0.1, 0.15) is 0 Å². The van der Waals surface area contributed by atoms with Crippen LogP contribution in [-0.4, -0.2) is 33.5 Å². The lowest BCUT2D eigenvalue weighted by molar-refractivity contribution is 0.0914. The minimum absolute atomic E-state index is 0. The van der Waals surface area contributed by atoms with E-state index in [2.05, 4.69) is 17.6 Å². The molecule has 28 heavy (non-hydrogen) atoms. The zero-order valence-electron chi connectivity index (χ0n) is 16.1. The van der Waals surface area contributed by atoms with Gasteiger partial charge in [0.15, 0.2) is 9.84 Å². The first-order valence-electron chi connectivity index (χ1n) is 9.25. The number of amides is 1. The number of carbonyl (C=O) groups is 1. The molecule has 1 amide bonds. The highest BCUT2D eigenvalue weighted by molar-refractivity contribution is 7.90. The number of hydrogen-bond donors (Lipinski definition) is 2. The summed E-state index contributed by atoms with van der Waals surface area (Å²) in [6.07, 6.45) is 0.916. The summed E-state index contributed by atoms with van der Waals surface area (Å²) >= 11 is 0. The maximum atomic E-state index is 12.5. The van der Waals surface area contributed by atoms with Crippen LogP contribution in [0.25, 0.3) is 0 Å². The van der Waals surface area contributed by atoms with Crippen molar-refractivity contribution < 1.29 is 13.2 Å². The Morgan fingerprint density at radius 1 is 1.11 bits per heavy atom. The molecular formula is C21H27ClN2O3S. The molecule has 1 heterocycles. The summed E-state index contributed by atoms with van der Waals surface area (Å²) < 4.78 is 25.1. The maximum Gasteiger partial charge on any atom is 0.251 e. The van der Waals surface area contributed by atoms with Crippen molar-refractivity contribution in [2.45, 2.75) is 37.0 Å². The van der Waals surface area contributed by atoms with Crippen molar-refractivity contribution >= 4 is 28.2 Å². The Morgan fingerprint density at radius 3 is 2.36 bits per heavy atom. The molecule has 2 atom stereocenters. The minimum Gasteiger partial charge on any atom is -0.349 e. The van der Waals surface area contributed by atoms with Crippen molar-refractivity contribution in [3.8, 4) is 0 Å². The molecule has 0 spiro atoms. The summed E-state index contributed by atoms with van der Waals surface area (Å²) in [5, 5.41) is 6.40. The van der Waals surface area contributed by atoms with Crippen LogP contribution < -0.4 is 10.6 Å². The Hall–Kier alpha value is -1.89. The smallest absolute Gasteiger partial charge is 0.251 e. The van der Waals surface area contributed by atoms with Crippen molar-refractivity contribution in [1.82, 2.24) is 10.6 Å². The first kappa shape index (κ1) is 22.4. The normalized spacial score (nSPS) is 19.5. The van der Waals surface area contributed by atoms with E-state index < -0.39 is 9.84 Å². The van der Waals surface area contributed by atoms with Gasteiger partial charge < -0.3 is 10.6 Å². The third kappa shape index (κ3) is 5.56. The fourth-order valence-electron chi connectivity index (χ4n) is 3.28. The molecule has 5 nitrogen and oxygen atoms in total. The highest BCUT2D eigenvalue weighted by Crippen LogP contribution is 2.18. The third-order valence-corrected chi connectivity index (χ3v) is 6.76. The van der Waals surface area contributed by atoms with E-state index in [0.717, 1.165) is 25.1 Å². The fraction of sp³-hybridized carbons (Fsp3) is 0.381. The average Bonchev–Trinajstić information content (AvgIpc) is 2.64. The summed E-state index contributed by atoms with van der Waals surface area (Å²) in [7, 11) is -3.40. The zero-order chi connectivity index (χ0) is 19.4. The summed E-state index contributed by atoms with van der Waals surface area (Å²) in [6.45, 7) is 5.85. The largest absolute Gasteiger partial charge is 0.349 e. The lowest BCUT2D eigenvalue weighted by Gasteiger charge is -2.30. The van der Waals surface area contributed by atoms with Gasteiger partial charge in [-0.15, -0.1) is 12.4 Å². The van der Waals surface area contributed by atoms with Gasteiger partial charge in [0.05, 0.1) is 10.6 Å².